The Morgan fingerprint density at radius 2 is 2.07 bits per heavy atom. The quantitative estimate of drug-likeness (QED) is 0.438. The summed E-state index contributed by atoms with van der Waals surface area (Å²) in [6, 6.07) is 5.66. The third-order valence-corrected chi connectivity index (χ3v) is 2.33. The molecule has 0 aliphatic carbocycles. The molecule has 1 rings (SSSR count). The Morgan fingerprint density at radius 1 is 1.36 bits per heavy atom. The lowest BCUT2D eigenvalue weighted by Crippen LogP contribution is -1.99. The molecule has 0 aliphatic rings. The van der Waals surface area contributed by atoms with Crippen LogP contribution in [0.1, 0.15) is 30.5 Å². The van der Waals surface area contributed by atoms with Crippen LogP contribution in [0.4, 0.5) is 0 Å². The minimum absolute atomic E-state index is 0.0543. The number of aryl methyl sites for hydroxylation is 1. The highest BCUT2D eigenvalue weighted by Gasteiger charge is 2.03. The minimum atomic E-state index is 0.0543. The van der Waals surface area contributed by atoms with Crippen LogP contribution in [-0.2, 0) is 13.0 Å². The van der Waals surface area contributed by atoms with Crippen LogP contribution in [0.3, 0.4) is 0 Å². The summed E-state index contributed by atoms with van der Waals surface area (Å²) in [6.45, 7) is 3.83. The van der Waals surface area contributed by atoms with Crippen LogP contribution in [0.5, 0.6) is 0 Å². The second-order valence-electron chi connectivity index (χ2n) is 3.18. The smallest absolute Gasteiger partial charge is 0.0837 e. The van der Waals surface area contributed by atoms with Gasteiger partial charge in [0.1, 0.15) is 0 Å². The topological polar surface area (TPSA) is 52.8 Å². The Kier molecular flexibility index (Phi) is 3.65. The Bertz CT molecular complexity index is 345. The Hall–Kier alpha value is -1.35. The van der Waals surface area contributed by atoms with Crippen LogP contribution in [0.2, 0.25) is 0 Å². The number of aliphatic hydroxyl groups excluding tert-OH is 1. The Balaban J connectivity index is 3.14. The number of benzene rings is 1. The molecule has 0 amide bonds. The van der Waals surface area contributed by atoms with Crippen LogP contribution < -0.4 is 0 Å². The van der Waals surface area contributed by atoms with Gasteiger partial charge in [0, 0.05) is 0 Å². The largest absolute Gasteiger partial charge is 0.411 e. The molecule has 0 heterocycles. The van der Waals surface area contributed by atoms with E-state index in [2.05, 4.69) is 5.16 Å². The van der Waals surface area contributed by atoms with Crippen molar-refractivity contribution in [3.05, 3.63) is 34.9 Å². The first-order valence-corrected chi connectivity index (χ1v) is 4.64. The highest BCUT2D eigenvalue weighted by Crippen LogP contribution is 2.13. The van der Waals surface area contributed by atoms with E-state index < -0.39 is 0 Å². The fourth-order valence-corrected chi connectivity index (χ4v) is 1.39. The molecular formula is C11H15NO2. The van der Waals surface area contributed by atoms with Gasteiger partial charge >= 0.3 is 0 Å². The molecular weight excluding hydrogens is 178 g/mol. The summed E-state index contributed by atoms with van der Waals surface area (Å²) in [5, 5.41) is 20.8. The van der Waals surface area contributed by atoms with Crippen LogP contribution in [0, 0.1) is 0 Å². The fraction of sp³-hybridized carbons (Fsp3) is 0.364. The Labute approximate surface area is 83.7 Å². The van der Waals surface area contributed by atoms with Crippen molar-refractivity contribution in [3.63, 3.8) is 0 Å². The predicted octanol–water partition coefficient (Wildman–Crippen LogP) is 1.94. The summed E-state index contributed by atoms with van der Waals surface area (Å²) < 4.78 is 0. The number of oxime groups is 1. The molecule has 0 bridgehead atoms. The lowest BCUT2D eigenvalue weighted by Gasteiger charge is -2.07. The number of nitrogens with zero attached hydrogens (tertiary/aromatic N) is 1. The molecule has 0 radical (unpaired) electrons. The van der Waals surface area contributed by atoms with Gasteiger partial charge in [0.15, 0.2) is 0 Å². The summed E-state index contributed by atoms with van der Waals surface area (Å²) >= 11 is 0. The van der Waals surface area contributed by atoms with Gasteiger partial charge < -0.3 is 10.3 Å². The number of hydrogen-bond acceptors (Lipinski definition) is 3. The van der Waals surface area contributed by atoms with Crippen molar-refractivity contribution in [2.75, 3.05) is 0 Å². The summed E-state index contributed by atoms with van der Waals surface area (Å²) in [5.74, 6) is 0. The number of aliphatic hydroxyl groups is 1. The molecule has 0 unspecified atom stereocenters. The molecule has 76 valence electrons. The second-order valence-corrected chi connectivity index (χ2v) is 3.18. The monoisotopic (exact) mass is 193 g/mol. The van der Waals surface area contributed by atoms with E-state index in [9.17, 15) is 0 Å². The molecule has 0 atom stereocenters. The molecule has 2 N–H and O–H groups in total. The third-order valence-electron chi connectivity index (χ3n) is 2.33. The summed E-state index contributed by atoms with van der Waals surface area (Å²) in [7, 11) is 0. The average Bonchev–Trinajstić information content (AvgIpc) is 2.26. The maximum absolute atomic E-state index is 9.06. The van der Waals surface area contributed by atoms with Gasteiger partial charge in [-0.2, -0.15) is 0 Å². The van der Waals surface area contributed by atoms with Crippen molar-refractivity contribution >= 4 is 5.71 Å². The molecule has 0 fully saturated rings. The second kappa shape index (κ2) is 4.77. The van der Waals surface area contributed by atoms with Gasteiger partial charge in [0.2, 0.25) is 0 Å². The number of rotatable bonds is 3. The van der Waals surface area contributed by atoms with Crippen molar-refractivity contribution in [2.24, 2.45) is 5.16 Å². The zero-order valence-corrected chi connectivity index (χ0v) is 8.49. The van der Waals surface area contributed by atoms with E-state index in [1.54, 1.807) is 6.92 Å². The van der Waals surface area contributed by atoms with E-state index in [-0.39, 0.29) is 6.61 Å². The molecule has 1 aromatic rings. The van der Waals surface area contributed by atoms with Gasteiger partial charge in [-0.3, -0.25) is 0 Å². The van der Waals surface area contributed by atoms with Gasteiger partial charge in [0.05, 0.1) is 12.3 Å². The first-order chi connectivity index (χ1) is 6.72. The van der Waals surface area contributed by atoms with E-state index >= 15 is 0 Å². The molecule has 0 spiro atoms. The molecule has 1 aromatic carbocycles. The average molecular weight is 193 g/mol. The maximum Gasteiger partial charge on any atom is 0.0837 e. The molecule has 0 aliphatic heterocycles. The van der Waals surface area contributed by atoms with Gasteiger partial charge in [-0.1, -0.05) is 24.2 Å². The normalized spacial score (nSPS) is 11.8. The first kappa shape index (κ1) is 10.7. The third kappa shape index (κ3) is 2.12. The first-order valence-electron chi connectivity index (χ1n) is 4.64. The standard InChI is InChI=1S/C11H15NO2/c1-3-9-6-10(8(2)12-14)4-5-11(9)7-13/h4-6,13-14H,3,7H2,1-2H3/b12-8+. The summed E-state index contributed by atoms with van der Waals surface area (Å²) in [4.78, 5) is 0. The lowest BCUT2D eigenvalue weighted by atomic mass is 10.0. The summed E-state index contributed by atoms with van der Waals surface area (Å²) in [6.07, 6.45) is 0.864. The van der Waals surface area contributed by atoms with Gasteiger partial charge in [-0.15, -0.1) is 0 Å². The van der Waals surface area contributed by atoms with Crippen molar-refractivity contribution in [2.45, 2.75) is 26.9 Å². The molecule has 14 heavy (non-hydrogen) atoms. The van der Waals surface area contributed by atoms with Crippen LogP contribution in [-0.4, -0.2) is 16.0 Å². The SMILES string of the molecule is CCc1cc(/C(C)=N/O)ccc1CO. The minimum Gasteiger partial charge on any atom is -0.411 e. The van der Waals surface area contributed by atoms with Crippen molar-refractivity contribution in [1.29, 1.82) is 0 Å². The van der Waals surface area contributed by atoms with Crippen LogP contribution in [0.15, 0.2) is 23.4 Å². The molecule has 0 saturated carbocycles. The van der Waals surface area contributed by atoms with E-state index in [0.717, 1.165) is 23.1 Å². The van der Waals surface area contributed by atoms with Crippen LogP contribution in [0.25, 0.3) is 0 Å². The predicted molar refractivity (Wildman–Crippen MR) is 55.7 cm³/mol. The van der Waals surface area contributed by atoms with Crippen LogP contribution >= 0.6 is 0 Å². The molecule has 3 nitrogen and oxygen atoms in total. The van der Waals surface area contributed by atoms with Crippen molar-refractivity contribution in [3.8, 4) is 0 Å². The zero-order valence-electron chi connectivity index (χ0n) is 8.49. The lowest BCUT2D eigenvalue weighted by molar-refractivity contribution is 0.280. The van der Waals surface area contributed by atoms with Crippen molar-refractivity contribution in [1.82, 2.24) is 0 Å². The number of hydrogen-bond donors (Lipinski definition) is 2. The highest BCUT2D eigenvalue weighted by atomic mass is 16.4. The van der Waals surface area contributed by atoms with E-state index in [4.69, 9.17) is 10.3 Å². The molecule has 0 aromatic heterocycles. The molecule has 0 saturated heterocycles. The highest BCUT2D eigenvalue weighted by molar-refractivity contribution is 5.98. The fourth-order valence-electron chi connectivity index (χ4n) is 1.39. The van der Waals surface area contributed by atoms with Gasteiger partial charge in [-0.25, -0.2) is 0 Å². The van der Waals surface area contributed by atoms with Gasteiger partial charge in [-0.05, 0) is 36.1 Å². The van der Waals surface area contributed by atoms with E-state index in [1.165, 1.54) is 0 Å². The summed E-state index contributed by atoms with van der Waals surface area (Å²) in [5.41, 5.74) is 3.50. The Morgan fingerprint density at radius 3 is 2.57 bits per heavy atom. The van der Waals surface area contributed by atoms with Crippen molar-refractivity contribution < 1.29 is 10.3 Å². The maximum atomic E-state index is 9.06. The molecule has 3 heteroatoms. The van der Waals surface area contributed by atoms with E-state index in [0.29, 0.717) is 5.71 Å². The van der Waals surface area contributed by atoms with Gasteiger partial charge in [0.25, 0.3) is 0 Å². The zero-order chi connectivity index (χ0) is 10.6. The van der Waals surface area contributed by atoms with E-state index in [1.807, 2.05) is 25.1 Å².